The SMILES string of the molecule is C/C=C(\CC)c1ccc([C@H](C)Nc2ncc3ccc(=O)n(C(C)C)c3n2)cc1. The van der Waals surface area contributed by atoms with E-state index in [1.807, 2.05) is 13.8 Å². The Morgan fingerprint density at radius 3 is 2.46 bits per heavy atom. The zero-order chi connectivity index (χ0) is 20.3. The van der Waals surface area contributed by atoms with E-state index >= 15 is 0 Å². The summed E-state index contributed by atoms with van der Waals surface area (Å²) in [4.78, 5) is 21.3. The van der Waals surface area contributed by atoms with Crippen molar-refractivity contribution in [2.24, 2.45) is 0 Å². The summed E-state index contributed by atoms with van der Waals surface area (Å²) in [7, 11) is 0. The van der Waals surface area contributed by atoms with Crippen molar-refractivity contribution >= 4 is 22.6 Å². The Morgan fingerprint density at radius 2 is 1.86 bits per heavy atom. The van der Waals surface area contributed by atoms with Gasteiger partial charge in [0.25, 0.3) is 5.56 Å². The van der Waals surface area contributed by atoms with Gasteiger partial charge in [0.1, 0.15) is 5.65 Å². The molecule has 0 unspecified atom stereocenters. The van der Waals surface area contributed by atoms with E-state index < -0.39 is 0 Å². The van der Waals surface area contributed by atoms with Gasteiger partial charge in [-0.25, -0.2) is 4.98 Å². The lowest BCUT2D eigenvalue weighted by atomic mass is 10.00. The molecule has 0 fully saturated rings. The number of allylic oxidation sites excluding steroid dienone is 2. The van der Waals surface area contributed by atoms with Crippen molar-refractivity contribution in [2.45, 2.75) is 53.1 Å². The van der Waals surface area contributed by atoms with Gasteiger partial charge in [-0.3, -0.25) is 9.36 Å². The number of nitrogens with zero attached hydrogens (tertiary/aromatic N) is 3. The third-order valence-corrected chi connectivity index (χ3v) is 5.04. The molecule has 0 aliphatic carbocycles. The summed E-state index contributed by atoms with van der Waals surface area (Å²) < 4.78 is 1.70. The number of rotatable bonds is 6. The van der Waals surface area contributed by atoms with Gasteiger partial charge >= 0.3 is 0 Å². The third kappa shape index (κ3) is 3.98. The number of hydrogen-bond acceptors (Lipinski definition) is 4. The highest BCUT2D eigenvalue weighted by atomic mass is 16.1. The maximum atomic E-state index is 12.2. The van der Waals surface area contributed by atoms with Crippen LogP contribution < -0.4 is 10.9 Å². The number of fused-ring (bicyclic) bond motifs is 1. The van der Waals surface area contributed by atoms with Crippen molar-refractivity contribution in [1.29, 1.82) is 0 Å². The first-order valence-electron chi connectivity index (χ1n) is 9.85. The van der Waals surface area contributed by atoms with Gasteiger partial charge in [-0.2, -0.15) is 4.98 Å². The molecule has 0 aliphatic rings. The highest BCUT2D eigenvalue weighted by molar-refractivity contribution is 5.75. The van der Waals surface area contributed by atoms with E-state index in [0.29, 0.717) is 11.6 Å². The molecule has 2 aromatic heterocycles. The van der Waals surface area contributed by atoms with Crippen LogP contribution in [0.1, 0.15) is 64.3 Å². The fraction of sp³-hybridized carbons (Fsp3) is 0.348. The first-order chi connectivity index (χ1) is 13.4. The summed E-state index contributed by atoms with van der Waals surface area (Å²) >= 11 is 0. The fourth-order valence-electron chi connectivity index (χ4n) is 3.44. The Kier molecular flexibility index (Phi) is 5.93. The lowest BCUT2D eigenvalue weighted by Crippen LogP contribution is -2.22. The quantitative estimate of drug-likeness (QED) is 0.629. The zero-order valence-corrected chi connectivity index (χ0v) is 17.2. The highest BCUT2D eigenvalue weighted by Gasteiger charge is 2.12. The van der Waals surface area contributed by atoms with Gasteiger partial charge in [0.2, 0.25) is 5.95 Å². The Labute approximate surface area is 166 Å². The molecule has 0 saturated heterocycles. The van der Waals surface area contributed by atoms with Crippen molar-refractivity contribution < 1.29 is 0 Å². The fourth-order valence-corrected chi connectivity index (χ4v) is 3.44. The van der Waals surface area contributed by atoms with E-state index in [4.69, 9.17) is 0 Å². The lowest BCUT2D eigenvalue weighted by molar-refractivity contribution is 0.595. The largest absolute Gasteiger partial charge is 0.348 e. The van der Waals surface area contributed by atoms with Crippen molar-refractivity contribution in [3.63, 3.8) is 0 Å². The summed E-state index contributed by atoms with van der Waals surface area (Å²) in [5, 5.41) is 4.22. The molecule has 1 atom stereocenters. The lowest BCUT2D eigenvalue weighted by Gasteiger charge is -2.17. The summed E-state index contributed by atoms with van der Waals surface area (Å²) in [6.07, 6.45) is 4.94. The van der Waals surface area contributed by atoms with Gasteiger partial charge in [0.05, 0.1) is 6.04 Å². The normalized spacial score (nSPS) is 13.1. The van der Waals surface area contributed by atoms with E-state index in [1.165, 1.54) is 11.1 Å². The highest BCUT2D eigenvalue weighted by Crippen LogP contribution is 2.23. The summed E-state index contributed by atoms with van der Waals surface area (Å²) in [6.45, 7) is 10.3. The molecule has 1 N–H and O–H groups in total. The molecule has 3 aromatic rings. The molecule has 0 spiro atoms. The van der Waals surface area contributed by atoms with Crippen LogP contribution in [0.25, 0.3) is 16.6 Å². The number of pyridine rings is 1. The topological polar surface area (TPSA) is 59.8 Å². The van der Waals surface area contributed by atoms with Gasteiger partial charge in [-0.05, 0) is 56.9 Å². The molecule has 0 bridgehead atoms. The molecule has 5 heteroatoms. The molecular weight excluding hydrogens is 348 g/mol. The summed E-state index contributed by atoms with van der Waals surface area (Å²) in [5.74, 6) is 0.520. The molecule has 0 amide bonds. The standard InChI is InChI=1S/C23H28N4O/c1-6-17(7-2)19-10-8-18(9-11-19)16(5)25-23-24-14-20-12-13-21(28)27(15(3)4)22(20)26-23/h6,8-16H,7H2,1-5H3,(H,24,25,26)/b17-6+/t16-/m0/s1. The first-order valence-corrected chi connectivity index (χ1v) is 9.85. The number of benzene rings is 1. The van der Waals surface area contributed by atoms with Gasteiger partial charge in [-0.1, -0.05) is 37.3 Å². The number of anilines is 1. The van der Waals surface area contributed by atoms with E-state index in [-0.39, 0.29) is 17.6 Å². The average Bonchev–Trinajstić information content (AvgIpc) is 2.69. The van der Waals surface area contributed by atoms with Crippen LogP contribution in [-0.2, 0) is 0 Å². The minimum atomic E-state index is -0.0495. The predicted octanol–water partition coefficient (Wildman–Crippen LogP) is 5.36. The monoisotopic (exact) mass is 376 g/mol. The molecule has 1 aromatic carbocycles. The van der Waals surface area contributed by atoms with Crippen LogP contribution >= 0.6 is 0 Å². The second-order valence-corrected chi connectivity index (χ2v) is 7.26. The molecule has 3 rings (SSSR count). The van der Waals surface area contributed by atoms with Crippen LogP contribution in [0.3, 0.4) is 0 Å². The van der Waals surface area contributed by atoms with Crippen LogP contribution in [0.15, 0.2) is 53.5 Å². The van der Waals surface area contributed by atoms with Gasteiger partial charge in [-0.15, -0.1) is 0 Å². The van der Waals surface area contributed by atoms with E-state index in [9.17, 15) is 4.79 Å². The maximum Gasteiger partial charge on any atom is 0.252 e. The Bertz CT molecular complexity index is 1050. The number of hydrogen-bond donors (Lipinski definition) is 1. The maximum absolute atomic E-state index is 12.2. The number of nitrogens with one attached hydrogen (secondary N) is 1. The Hall–Kier alpha value is -2.95. The molecule has 2 heterocycles. The van der Waals surface area contributed by atoms with E-state index in [0.717, 1.165) is 17.4 Å². The molecular formula is C23H28N4O. The van der Waals surface area contributed by atoms with Gasteiger partial charge in [0, 0.05) is 23.7 Å². The minimum absolute atomic E-state index is 0.0308. The second kappa shape index (κ2) is 8.38. The number of aromatic nitrogens is 3. The Morgan fingerprint density at radius 1 is 1.14 bits per heavy atom. The van der Waals surface area contributed by atoms with Crippen molar-refractivity contribution in [3.8, 4) is 0 Å². The van der Waals surface area contributed by atoms with Crippen molar-refractivity contribution in [1.82, 2.24) is 14.5 Å². The molecule has 0 saturated carbocycles. The van der Waals surface area contributed by atoms with E-state index in [2.05, 4.69) is 66.4 Å². The molecule has 28 heavy (non-hydrogen) atoms. The summed E-state index contributed by atoms with van der Waals surface area (Å²) in [5.41, 5.74) is 4.36. The third-order valence-electron chi connectivity index (χ3n) is 5.04. The van der Waals surface area contributed by atoms with Crippen LogP contribution in [0.2, 0.25) is 0 Å². The molecule has 5 nitrogen and oxygen atoms in total. The summed E-state index contributed by atoms with van der Waals surface area (Å²) in [6, 6.07) is 12.0. The predicted molar refractivity (Wildman–Crippen MR) is 117 cm³/mol. The second-order valence-electron chi connectivity index (χ2n) is 7.26. The first kappa shape index (κ1) is 19.8. The van der Waals surface area contributed by atoms with Crippen LogP contribution in [0, 0.1) is 0 Å². The van der Waals surface area contributed by atoms with Crippen molar-refractivity contribution in [2.75, 3.05) is 5.32 Å². The van der Waals surface area contributed by atoms with Crippen molar-refractivity contribution in [3.05, 3.63) is 70.2 Å². The average molecular weight is 377 g/mol. The van der Waals surface area contributed by atoms with Crippen LogP contribution in [0.4, 0.5) is 5.95 Å². The van der Waals surface area contributed by atoms with Gasteiger partial charge < -0.3 is 5.32 Å². The zero-order valence-electron chi connectivity index (χ0n) is 17.2. The van der Waals surface area contributed by atoms with Crippen LogP contribution in [0.5, 0.6) is 0 Å². The van der Waals surface area contributed by atoms with E-state index in [1.54, 1.807) is 22.9 Å². The minimum Gasteiger partial charge on any atom is -0.348 e. The molecule has 0 aliphatic heterocycles. The Balaban J connectivity index is 1.88. The smallest absolute Gasteiger partial charge is 0.252 e. The van der Waals surface area contributed by atoms with Gasteiger partial charge in [0.15, 0.2) is 0 Å². The molecule has 0 radical (unpaired) electrons. The van der Waals surface area contributed by atoms with Crippen LogP contribution in [-0.4, -0.2) is 14.5 Å². The molecule has 146 valence electrons.